The summed E-state index contributed by atoms with van der Waals surface area (Å²) in [4.78, 5) is 0. The zero-order valence-electron chi connectivity index (χ0n) is 5.31. The summed E-state index contributed by atoms with van der Waals surface area (Å²) in [6, 6.07) is 0. The number of nitrogens with one attached hydrogen (secondary N) is 1. The van der Waals surface area contributed by atoms with E-state index in [1.54, 1.807) is 0 Å². The lowest BCUT2D eigenvalue weighted by atomic mass is 10.4. The number of aromatic hydroxyl groups is 2. The van der Waals surface area contributed by atoms with Gasteiger partial charge in [-0.1, -0.05) is 0 Å². The summed E-state index contributed by atoms with van der Waals surface area (Å²) >= 11 is 0. The monoisotopic (exact) mass is 152 g/mol. The molecule has 0 spiro atoms. The van der Waals surface area contributed by atoms with E-state index in [0.29, 0.717) is 5.39 Å². The Morgan fingerprint density at radius 3 is 2.64 bits per heavy atom. The third-order valence-corrected chi connectivity index (χ3v) is 1.34. The van der Waals surface area contributed by atoms with Crippen molar-refractivity contribution in [2.45, 2.75) is 0 Å². The highest BCUT2D eigenvalue weighted by Crippen LogP contribution is 2.23. The molecule has 56 valence electrons. The lowest BCUT2D eigenvalue weighted by molar-refractivity contribution is 0.423. The van der Waals surface area contributed by atoms with Gasteiger partial charge in [0.2, 0.25) is 5.88 Å². The van der Waals surface area contributed by atoms with E-state index >= 15 is 0 Å². The van der Waals surface area contributed by atoms with E-state index in [-0.39, 0.29) is 17.3 Å². The van der Waals surface area contributed by atoms with Crippen LogP contribution in [0, 0.1) is 0 Å². The minimum atomic E-state index is -0.268. The van der Waals surface area contributed by atoms with E-state index in [0.717, 1.165) is 0 Å². The Morgan fingerprint density at radius 1 is 1.18 bits per heavy atom. The third-order valence-electron chi connectivity index (χ3n) is 1.34. The van der Waals surface area contributed by atoms with Gasteiger partial charge in [-0.15, -0.1) is 10.2 Å². The Labute approximate surface area is 60.5 Å². The van der Waals surface area contributed by atoms with E-state index in [9.17, 15) is 0 Å². The van der Waals surface area contributed by atoms with Crippen molar-refractivity contribution in [3.05, 3.63) is 6.20 Å². The number of fused-ring (bicyclic) bond motifs is 1. The fourth-order valence-corrected chi connectivity index (χ4v) is 0.825. The molecule has 2 rings (SSSR count). The van der Waals surface area contributed by atoms with Gasteiger partial charge in [-0.3, -0.25) is 5.10 Å². The second kappa shape index (κ2) is 1.82. The van der Waals surface area contributed by atoms with Crippen LogP contribution in [0.5, 0.6) is 11.8 Å². The van der Waals surface area contributed by atoms with Crippen LogP contribution in [0.15, 0.2) is 6.20 Å². The molecule has 0 aliphatic heterocycles. The quantitative estimate of drug-likeness (QED) is 0.484. The molecule has 0 aromatic carbocycles. The average Bonchev–Trinajstić information content (AvgIpc) is 2.45. The van der Waals surface area contributed by atoms with Crippen LogP contribution >= 0.6 is 0 Å². The largest absolute Gasteiger partial charge is 0.492 e. The van der Waals surface area contributed by atoms with Crippen molar-refractivity contribution in [1.82, 2.24) is 20.4 Å². The minimum absolute atomic E-state index is 0.244. The molecule has 0 amide bonds. The first-order valence-electron chi connectivity index (χ1n) is 2.86. The molecule has 0 saturated carbocycles. The van der Waals surface area contributed by atoms with Crippen LogP contribution in [0.25, 0.3) is 10.9 Å². The summed E-state index contributed by atoms with van der Waals surface area (Å²) in [6.07, 6.45) is 1.36. The minimum Gasteiger partial charge on any atom is -0.492 e. The smallest absolute Gasteiger partial charge is 0.257 e. The SMILES string of the molecule is Oc1nnc(O)c2[nH]ncc12. The van der Waals surface area contributed by atoms with Crippen molar-refractivity contribution >= 4 is 10.9 Å². The molecule has 0 radical (unpaired) electrons. The van der Waals surface area contributed by atoms with Gasteiger partial charge in [-0.25, -0.2) is 0 Å². The van der Waals surface area contributed by atoms with E-state index in [4.69, 9.17) is 10.2 Å². The van der Waals surface area contributed by atoms with Gasteiger partial charge in [0.05, 0.1) is 11.6 Å². The van der Waals surface area contributed by atoms with Crippen molar-refractivity contribution in [1.29, 1.82) is 0 Å². The highest BCUT2D eigenvalue weighted by molar-refractivity contribution is 5.85. The lowest BCUT2D eigenvalue weighted by Gasteiger charge is -1.92. The Bertz CT molecular complexity index is 360. The van der Waals surface area contributed by atoms with E-state index in [2.05, 4.69) is 20.4 Å². The van der Waals surface area contributed by atoms with Crippen molar-refractivity contribution in [2.24, 2.45) is 0 Å². The summed E-state index contributed by atoms with van der Waals surface area (Å²) < 4.78 is 0. The molecule has 3 N–H and O–H groups in total. The van der Waals surface area contributed by atoms with Gasteiger partial charge < -0.3 is 10.2 Å². The van der Waals surface area contributed by atoms with Gasteiger partial charge >= 0.3 is 0 Å². The van der Waals surface area contributed by atoms with Crippen LogP contribution < -0.4 is 0 Å². The summed E-state index contributed by atoms with van der Waals surface area (Å²) in [5.41, 5.74) is 0.289. The van der Waals surface area contributed by atoms with Gasteiger partial charge in [0.15, 0.2) is 0 Å². The maximum atomic E-state index is 9.04. The Balaban J connectivity index is 2.96. The first-order chi connectivity index (χ1) is 5.29. The van der Waals surface area contributed by atoms with E-state index in [1.165, 1.54) is 6.20 Å². The molecule has 0 aliphatic rings. The summed E-state index contributed by atoms with van der Waals surface area (Å²) in [5.74, 6) is -0.512. The maximum Gasteiger partial charge on any atom is 0.257 e. The summed E-state index contributed by atoms with van der Waals surface area (Å²) in [6.45, 7) is 0. The predicted octanol–water partition coefficient (Wildman–Crippen LogP) is -0.236. The third kappa shape index (κ3) is 0.689. The highest BCUT2D eigenvalue weighted by atomic mass is 16.3. The van der Waals surface area contributed by atoms with Crippen molar-refractivity contribution < 1.29 is 10.2 Å². The molecule has 2 aromatic heterocycles. The molecule has 0 saturated heterocycles. The molecule has 2 heterocycles. The van der Waals surface area contributed by atoms with Crippen LogP contribution in [0.3, 0.4) is 0 Å². The van der Waals surface area contributed by atoms with Crippen LogP contribution in [0.4, 0.5) is 0 Å². The molecule has 0 aliphatic carbocycles. The van der Waals surface area contributed by atoms with E-state index in [1.807, 2.05) is 0 Å². The first kappa shape index (κ1) is 5.90. The number of aromatic nitrogens is 4. The van der Waals surface area contributed by atoms with Crippen LogP contribution in [0.1, 0.15) is 0 Å². The number of nitrogens with zero attached hydrogens (tertiary/aromatic N) is 3. The summed E-state index contributed by atoms with van der Waals surface area (Å²) in [7, 11) is 0. The Morgan fingerprint density at radius 2 is 1.91 bits per heavy atom. The fourth-order valence-electron chi connectivity index (χ4n) is 0.825. The number of aromatic amines is 1. The molecule has 0 atom stereocenters. The summed E-state index contributed by atoms with van der Waals surface area (Å²) in [5, 5.41) is 31.0. The normalized spacial score (nSPS) is 10.5. The maximum absolute atomic E-state index is 9.04. The van der Waals surface area contributed by atoms with Gasteiger partial charge in [-0.05, 0) is 0 Å². The predicted molar refractivity (Wildman–Crippen MR) is 35.0 cm³/mol. The van der Waals surface area contributed by atoms with Crippen LogP contribution in [-0.2, 0) is 0 Å². The van der Waals surface area contributed by atoms with Crippen molar-refractivity contribution in [3.63, 3.8) is 0 Å². The average molecular weight is 152 g/mol. The number of hydrogen-bond donors (Lipinski definition) is 3. The zero-order valence-corrected chi connectivity index (χ0v) is 5.31. The standard InChI is InChI=1S/C5H4N4O2/c10-4-2-1-6-7-3(2)5(11)9-8-4/h1H,(H,6,7)(H,8,10)(H,9,11). The van der Waals surface area contributed by atoms with Gasteiger partial charge in [-0.2, -0.15) is 5.10 Å². The topological polar surface area (TPSA) is 94.9 Å². The van der Waals surface area contributed by atoms with Gasteiger partial charge in [0, 0.05) is 0 Å². The number of rotatable bonds is 0. The Kier molecular flexibility index (Phi) is 0.974. The molecule has 0 bridgehead atoms. The molecule has 0 unspecified atom stereocenters. The molecular weight excluding hydrogens is 148 g/mol. The van der Waals surface area contributed by atoms with Crippen molar-refractivity contribution in [2.75, 3.05) is 0 Å². The van der Waals surface area contributed by atoms with E-state index < -0.39 is 0 Å². The molecule has 6 nitrogen and oxygen atoms in total. The number of hydrogen-bond acceptors (Lipinski definition) is 5. The molecule has 11 heavy (non-hydrogen) atoms. The second-order valence-electron chi connectivity index (χ2n) is 2.01. The Hall–Kier alpha value is -1.85. The molecule has 6 heteroatoms. The van der Waals surface area contributed by atoms with Gasteiger partial charge in [0.25, 0.3) is 5.88 Å². The lowest BCUT2D eigenvalue weighted by Crippen LogP contribution is -1.82. The van der Waals surface area contributed by atoms with Crippen LogP contribution in [-0.4, -0.2) is 30.6 Å². The first-order valence-corrected chi connectivity index (χ1v) is 2.86. The fraction of sp³-hybridized carbons (Fsp3) is 0. The molecular formula is C5H4N4O2. The molecule has 0 fully saturated rings. The second-order valence-corrected chi connectivity index (χ2v) is 2.01. The van der Waals surface area contributed by atoms with Gasteiger partial charge in [0.1, 0.15) is 5.52 Å². The highest BCUT2D eigenvalue weighted by Gasteiger charge is 2.07. The zero-order chi connectivity index (χ0) is 7.84. The van der Waals surface area contributed by atoms with Crippen LogP contribution in [0.2, 0.25) is 0 Å². The van der Waals surface area contributed by atoms with Crippen molar-refractivity contribution in [3.8, 4) is 11.8 Å². The molecule has 2 aromatic rings. The number of H-pyrrole nitrogens is 1.